The molecule has 4 aliphatic carbocycles. The van der Waals surface area contributed by atoms with Crippen molar-refractivity contribution in [2.45, 2.75) is 102 Å². The highest BCUT2D eigenvalue weighted by molar-refractivity contribution is 5.98. The Kier molecular flexibility index (Phi) is 10.3. The Morgan fingerprint density at radius 1 is 0.500 bits per heavy atom. The third-order valence-electron chi connectivity index (χ3n) is 13.3. The Morgan fingerprint density at radius 2 is 0.982 bits per heavy atom. The first kappa shape index (κ1) is 36.9. The van der Waals surface area contributed by atoms with Crippen molar-refractivity contribution >= 4 is 21.5 Å². The predicted octanol–water partition coefficient (Wildman–Crippen LogP) is 14.6. The van der Waals surface area contributed by atoms with Gasteiger partial charge in [0.15, 0.2) is 0 Å². The fourth-order valence-electron chi connectivity index (χ4n) is 10.8. The van der Waals surface area contributed by atoms with Gasteiger partial charge in [-0.25, -0.2) is 0 Å². The molecule has 56 heavy (non-hydrogen) atoms. The first-order valence-corrected chi connectivity index (χ1v) is 21.4. The van der Waals surface area contributed by atoms with Crippen LogP contribution in [0.1, 0.15) is 114 Å². The van der Waals surface area contributed by atoms with Crippen molar-refractivity contribution in [1.82, 2.24) is 0 Å². The summed E-state index contributed by atoms with van der Waals surface area (Å²) in [6, 6.07) is 46.3. The van der Waals surface area contributed by atoms with Gasteiger partial charge < -0.3 is 14.2 Å². The molecule has 0 amide bonds. The molecule has 3 nitrogen and oxygen atoms in total. The summed E-state index contributed by atoms with van der Waals surface area (Å²) in [5.41, 5.74) is 4.18. The van der Waals surface area contributed by atoms with Crippen LogP contribution < -0.4 is 14.2 Å². The third kappa shape index (κ3) is 8.20. The SMILES string of the molecule is CC(C)COc1ccc(C(C)CC(CC(C)c2ccc(Oc3ccc4cc5ccccc5cc4c3)cc2)c2ccc(OC34CC5CC(CC(C5)C3)C4)cc2)cc1. The van der Waals surface area contributed by atoms with Crippen molar-refractivity contribution in [3.63, 3.8) is 0 Å². The molecule has 4 bridgehead atoms. The Bertz CT molecular complexity index is 2220. The molecule has 0 aromatic heterocycles. The van der Waals surface area contributed by atoms with Gasteiger partial charge in [0.2, 0.25) is 0 Å². The van der Waals surface area contributed by atoms with Gasteiger partial charge in [-0.1, -0.05) is 94.4 Å². The van der Waals surface area contributed by atoms with Gasteiger partial charge in [0, 0.05) is 0 Å². The highest BCUT2D eigenvalue weighted by Crippen LogP contribution is 2.57. The van der Waals surface area contributed by atoms with Crippen molar-refractivity contribution in [2.24, 2.45) is 23.7 Å². The highest BCUT2D eigenvalue weighted by atomic mass is 16.5. The van der Waals surface area contributed by atoms with Gasteiger partial charge in [-0.3, -0.25) is 0 Å². The van der Waals surface area contributed by atoms with E-state index < -0.39 is 0 Å². The van der Waals surface area contributed by atoms with E-state index in [0.717, 1.165) is 60.2 Å². The summed E-state index contributed by atoms with van der Waals surface area (Å²) in [4.78, 5) is 0. The summed E-state index contributed by atoms with van der Waals surface area (Å²) in [7, 11) is 0. The minimum atomic E-state index is 0.0722. The Balaban J connectivity index is 0.904. The Labute approximate surface area is 334 Å². The number of hydrogen-bond acceptors (Lipinski definition) is 3. The number of hydrogen-bond donors (Lipinski definition) is 0. The average molecular weight is 743 g/mol. The molecule has 0 saturated heterocycles. The molecule has 3 unspecified atom stereocenters. The lowest BCUT2D eigenvalue weighted by Crippen LogP contribution is -2.53. The highest BCUT2D eigenvalue weighted by Gasteiger charge is 2.52. The fraction of sp³-hybridized carbons (Fsp3) is 0.396. The Morgan fingerprint density at radius 3 is 1.55 bits per heavy atom. The summed E-state index contributed by atoms with van der Waals surface area (Å²) in [6.07, 6.45) is 10.2. The van der Waals surface area contributed by atoms with Crippen LogP contribution in [-0.2, 0) is 0 Å². The molecule has 0 spiro atoms. The van der Waals surface area contributed by atoms with Gasteiger partial charge in [-0.2, -0.15) is 0 Å². The fourth-order valence-corrected chi connectivity index (χ4v) is 10.8. The molecule has 6 aromatic carbocycles. The van der Waals surface area contributed by atoms with Crippen LogP contribution in [0.2, 0.25) is 0 Å². The van der Waals surface area contributed by atoms with E-state index in [-0.39, 0.29) is 5.60 Å². The second kappa shape index (κ2) is 15.6. The lowest BCUT2D eigenvalue weighted by Gasteiger charge is -2.56. The molecular formula is C53H58O3. The van der Waals surface area contributed by atoms with Crippen LogP contribution in [0.5, 0.6) is 23.0 Å². The molecule has 4 aliphatic rings. The lowest BCUT2D eigenvalue weighted by molar-refractivity contribution is -0.107. The number of rotatable bonds is 14. The first-order valence-electron chi connectivity index (χ1n) is 21.4. The summed E-state index contributed by atoms with van der Waals surface area (Å²) in [5, 5.41) is 4.92. The van der Waals surface area contributed by atoms with E-state index in [9.17, 15) is 0 Å². The topological polar surface area (TPSA) is 27.7 Å². The van der Waals surface area contributed by atoms with Crippen LogP contribution in [0.4, 0.5) is 0 Å². The molecule has 4 saturated carbocycles. The summed E-state index contributed by atoms with van der Waals surface area (Å²) < 4.78 is 19.4. The normalized spacial score (nSPS) is 23.0. The van der Waals surface area contributed by atoms with Crippen LogP contribution >= 0.6 is 0 Å². The monoisotopic (exact) mass is 742 g/mol. The van der Waals surface area contributed by atoms with Gasteiger partial charge in [0.25, 0.3) is 0 Å². The minimum absolute atomic E-state index is 0.0722. The maximum atomic E-state index is 6.96. The van der Waals surface area contributed by atoms with Crippen molar-refractivity contribution in [3.05, 3.63) is 144 Å². The maximum absolute atomic E-state index is 6.96. The second-order valence-electron chi connectivity index (χ2n) is 18.4. The minimum Gasteiger partial charge on any atom is -0.493 e. The van der Waals surface area contributed by atoms with Gasteiger partial charge in [0.1, 0.15) is 28.6 Å². The lowest BCUT2D eigenvalue weighted by atomic mass is 9.54. The smallest absolute Gasteiger partial charge is 0.128 e. The third-order valence-corrected chi connectivity index (χ3v) is 13.3. The Hall–Kier alpha value is -4.76. The quantitative estimate of drug-likeness (QED) is 0.104. The number of ether oxygens (including phenoxy) is 3. The zero-order valence-corrected chi connectivity index (χ0v) is 33.8. The van der Waals surface area contributed by atoms with Crippen molar-refractivity contribution < 1.29 is 14.2 Å². The second-order valence-corrected chi connectivity index (χ2v) is 18.4. The van der Waals surface area contributed by atoms with E-state index in [4.69, 9.17) is 14.2 Å². The van der Waals surface area contributed by atoms with Crippen molar-refractivity contribution in [1.29, 1.82) is 0 Å². The summed E-state index contributed by atoms with van der Waals surface area (Å²) in [6.45, 7) is 9.88. The van der Waals surface area contributed by atoms with Gasteiger partial charge in [-0.05, 0) is 192 Å². The van der Waals surface area contributed by atoms with E-state index in [0.29, 0.717) is 23.7 Å². The van der Waals surface area contributed by atoms with E-state index in [1.807, 2.05) is 0 Å². The molecule has 4 fully saturated rings. The number of benzene rings is 6. The van der Waals surface area contributed by atoms with Crippen molar-refractivity contribution in [3.8, 4) is 23.0 Å². The molecule has 3 atom stereocenters. The maximum Gasteiger partial charge on any atom is 0.128 e. The van der Waals surface area contributed by atoms with E-state index in [2.05, 4.69) is 155 Å². The number of fused-ring (bicyclic) bond motifs is 2. The molecule has 288 valence electrons. The van der Waals surface area contributed by atoms with E-state index in [1.165, 1.54) is 76.8 Å². The first-order chi connectivity index (χ1) is 27.2. The molecule has 0 aliphatic heterocycles. The van der Waals surface area contributed by atoms with Gasteiger partial charge in [0.05, 0.1) is 6.61 Å². The van der Waals surface area contributed by atoms with Crippen molar-refractivity contribution in [2.75, 3.05) is 6.61 Å². The molecule has 0 heterocycles. The van der Waals surface area contributed by atoms with Crippen LogP contribution in [0.15, 0.2) is 127 Å². The van der Waals surface area contributed by atoms with Crippen LogP contribution in [0, 0.1) is 23.7 Å². The largest absolute Gasteiger partial charge is 0.493 e. The molecule has 10 rings (SSSR count). The molecule has 3 heteroatoms. The van der Waals surface area contributed by atoms with Crippen LogP contribution in [-0.4, -0.2) is 12.2 Å². The van der Waals surface area contributed by atoms with E-state index >= 15 is 0 Å². The molecule has 0 N–H and O–H groups in total. The molecule has 0 radical (unpaired) electrons. The predicted molar refractivity (Wildman–Crippen MR) is 232 cm³/mol. The van der Waals surface area contributed by atoms with E-state index in [1.54, 1.807) is 0 Å². The molecule has 6 aromatic rings. The summed E-state index contributed by atoms with van der Waals surface area (Å²) in [5.74, 6) is 8.07. The average Bonchev–Trinajstić information content (AvgIpc) is 3.19. The van der Waals surface area contributed by atoms with Crippen LogP contribution in [0.3, 0.4) is 0 Å². The summed E-state index contributed by atoms with van der Waals surface area (Å²) >= 11 is 0. The molecular weight excluding hydrogens is 685 g/mol. The standard InChI is InChI=1S/C53H58O3/c1-35(2)34-54-49-16-9-41(10-17-49)36(3)23-47(43-13-20-51(21-14-43)56-53-31-38-25-39(32-53)27-40(26-38)33-53)24-37(4)42-11-18-50(19-12-42)55-52-22-15-46-28-44-7-5-6-8-45(44)29-48(46)30-52/h5-22,28-30,35-40,47H,23-27,31-34H2,1-4H3. The zero-order valence-electron chi connectivity index (χ0n) is 33.8. The van der Waals surface area contributed by atoms with Gasteiger partial charge in [-0.15, -0.1) is 0 Å². The zero-order chi connectivity index (χ0) is 38.2. The van der Waals surface area contributed by atoms with Crippen LogP contribution in [0.25, 0.3) is 21.5 Å². The van der Waals surface area contributed by atoms with Gasteiger partial charge >= 0.3 is 0 Å².